The van der Waals surface area contributed by atoms with Crippen LogP contribution in [0.3, 0.4) is 0 Å². The van der Waals surface area contributed by atoms with E-state index >= 15 is 0 Å². The van der Waals surface area contributed by atoms with Gasteiger partial charge in [0, 0.05) is 44.9 Å². The van der Waals surface area contributed by atoms with E-state index in [2.05, 4.69) is 10.1 Å². The highest BCUT2D eigenvalue weighted by atomic mass is 16.5. The topological polar surface area (TPSA) is 79.5 Å². The Kier molecular flexibility index (Phi) is 4.48. The molecule has 0 atom stereocenters. The Morgan fingerprint density at radius 1 is 1.16 bits per heavy atom. The zero-order valence-electron chi connectivity index (χ0n) is 14.8. The van der Waals surface area contributed by atoms with Gasteiger partial charge in [-0.15, -0.1) is 0 Å². The van der Waals surface area contributed by atoms with Crippen LogP contribution in [0.25, 0.3) is 0 Å². The number of carbonyl (C=O) groups is 2. The Morgan fingerprint density at radius 3 is 2.56 bits per heavy atom. The van der Waals surface area contributed by atoms with E-state index in [1.165, 1.54) is 12.8 Å². The largest absolute Gasteiger partial charge is 0.345 e. The van der Waals surface area contributed by atoms with E-state index in [4.69, 9.17) is 4.52 Å². The summed E-state index contributed by atoms with van der Waals surface area (Å²) in [7, 11) is 1.83. The fraction of sp³-hybridized carbons (Fsp3) is 0.778. The highest BCUT2D eigenvalue weighted by molar-refractivity contribution is 5.81. The highest BCUT2D eigenvalue weighted by Crippen LogP contribution is 2.32. The first kappa shape index (κ1) is 16.5. The molecule has 3 fully saturated rings. The van der Waals surface area contributed by atoms with Crippen molar-refractivity contribution in [3.8, 4) is 0 Å². The van der Waals surface area contributed by atoms with Crippen LogP contribution in [0, 0.1) is 11.8 Å². The maximum absolute atomic E-state index is 12.3. The van der Waals surface area contributed by atoms with E-state index in [0.717, 1.165) is 25.7 Å². The molecule has 0 N–H and O–H groups in total. The lowest BCUT2D eigenvalue weighted by Gasteiger charge is -2.38. The van der Waals surface area contributed by atoms with Crippen LogP contribution in [-0.4, -0.2) is 58.4 Å². The Morgan fingerprint density at radius 2 is 1.88 bits per heavy atom. The van der Waals surface area contributed by atoms with Crippen LogP contribution in [0.5, 0.6) is 0 Å². The second kappa shape index (κ2) is 6.77. The van der Waals surface area contributed by atoms with Crippen LogP contribution in [0.2, 0.25) is 0 Å². The maximum atomic E-state index is 12.3. The first-order chi connectivity index (χ1) is 12.1. The average Bonchev–Trinajstić information content (AvgIpc) is 3.08. The van der Waals surface area contributed by atoms with Gasteiger partial charge in [-0.1, -0.05) is 18.0 Å². The molecule has 2 heterocycles. The van der Waals surface area contributed by atoms with Crippen molar-refractivity contribution in [3.63, 3.8) is 0 Å². The summed E-state index contributed by atoms with van der Waals surface area (Å²) in [6, 6.07) is 0. The van der Waals surface area contributed by atoms with E-state index in [0.29, 0.717) is 43.7 Å². The van der Waals surface area contributed by atoms with E-state index < -0.39 is 0 Å². The standard InChI is InChI=1S/C18H26N4O3/c1-21(17(23)13-6-7-13)9-8-15-19-16(25-20-15)14-10-22(11-14)18(24)12-4-2-3-5-12/h12-14H,2-11H2,1H3. The summed E-state index contributed by atoms with van der Waals surface area (Å²) in [4.78, 5) is 32.4. The zero-order valence-corrected chi connectivity index (χ0v) is 14.8. The molecule has 1 saturated heterocycles. The van der Waals surface area contributed by atoms with Gasteiger partial charge in [0.05, 0.1) is 5.92 Å². The number of nitrogens with zero attached hydrogens (tertiary/aromatic N) is 4. The lowest BCUT2D eigenvalue weighted by molar-refractivity contribution is -0.140. The molecule has 0 radical (unpaired) electrons. The fourth-order valence-electron chi connectivity index (χ4n) is 3.80. The van der Waals surface area contributed by atoms with E-state index in [9.17, 15) is 9.59 Å². The minimum atomic E-state index is 0.164. The van der Waals surface area contributed by atoms with Gasteiger partial charge in [0.25, 0.3) is 0 Å². The number of hydrogen-bond donors (Lipinski definition) is 0. The van der Waals surface area contributed by atoms with E-state index in [-0.39, 0.29) is 23.7 Å². The predicted octanol–water partition coefficient (Wildman–Crippen LogP) is 1.60. The molecule has 0 bridgehead atoms. The summed E-state index contributed by atoms with van der Waals surface area (Å²) < 4.78 is 5.37. The molecular formula is C18H26N4O3. The second-order valence-corrected chi connectivity index (χ2v) is 7.75. The Bertz CT molecular complexity index is 643. The molecule has 3 aliphatic rings. The van der Waals surface area contributed by atoms with Crippen molar-refractivity contribution in [2.75, 3.05) is 26.7 Å². The molecule has 1 aliphatic heterocycles. The third kappa shape index (κ3) is 3.55. The molecule has 0 spiro atoms. The van der Waals surface area contributed by atoms with Crippen molar-refractivity contribution in [1.82, 2.24) is 19.9 Å². The second-order valence-electron chi connectivity index (χ2n) is 7.75. The minimum Gasteiger partial charge on any atom is -0.345 e. The summed E-state index contributed by atoms with van der Waals surface area (Å²) in [6.45, 7) is 2.00. The van der Waals surface area contributed by atoms with Crippen LogP contribution in [0.1, 0.15) is 56.2 Å². The minimum absolute atomic E-state index is 0.164. The average molecular weight is 346 g/mol. The first-order valence-electron chi connectivity index (χ1n) is 9.48. The molecule has 7 heteroatoms. The molecule has 1 aromatic heterocycles. The quantitative estimate of drug-likeness (QED) is 0.782. The Balaban J connectivity index is 1.23. The van der Waals surface area contributed by atoms with Gasteiger partial charge in [0.1, 0.15) is 0 Å². The maximum Gasteiger partial charge on any atom is 0.233 e. The normalized spacial score (nSPS) is 21.4. The van der Waals surface area contributed by atoms with Gasteiger partial charge in [-0.05, 0) is 25.7 Å². The summed E-state index contributed by atoms with van der Waals surface area (Å²) in [5.41, 5.74) is 0. The molecule has 2 amide bonds. The van der Waals surface area contributed by atoms with Crippen molar-refractivity contribution < 1.29 is 14.1 Å². The number of hydrogen-bond acceptors (Lipinski definition) is 5. The first-order valence-corrected chi connectivity index (χ1v) is 9.48. The third-order valence-electron chi connectivity index (χ3n) is 5.70. The number of carbonyl (C=O) groups excluding carboxylic acids is 2. The van der Waals surface area contributed by atoms with Gasteiger partial charge in [-0.25, -0.2) is 0 Å². The number of rotatable bonds is 6. The van der Waals surface area contributed by atoms with Gasteiger partial charge < -0.3 is 14.3 Å². The van der Waals surface area contributed by atoms with Crippen LogP contribution in [0.4, 0.5) is 0 Å². The van der Waals surface area contributed by atoms with Crippen molar-refractivity contribution in [3.05, 3.63) is 11.7 Å². The monoisotopic (exact) mass is 346 g/mol. The fourth-order valence-corrected chi connectivity index (χ4v) is 3.80. The Hall–Kier alpha value is -1.92. The van der Waals surface area contributed by atoms with Gasteiger partial charge in [-0.3, -0.25) is 9.59 Å². The van der Waals surface area contributed by atoms with Crippen molar-refractivity contribution in [1.29, 1.82) is 0 Å². The van der Waals surface area contributed by atoms with E-state index in [1.807, 2.05) is 11.9 Å². The van der Waals surface area contributed by atoms with Gasteiger partial charge in [0.2, 0.25) is 17.7 Å². The van der Waals surface area contributed by atoms with Crippen LogP contribution in [0.15, 0.2) is 4.52 Å². The molecule has 0 unspecified atom stereocenters. The van der Waals surface area contributed by atoms with E-state index in [1.54, 1.807) is 4.90 Å². The molecule has 7 nitrogen and oxygen atoms in total. The summed E-state index contributed by atoms with van der Waals surface area (Å²) in [5.74, 6) is 2.44. The van der Waals surface area contributed by atoms with Crippen molar-refractivity contribution in [2.24, 2.45) is 11.8 Å². The number of likely N-dealkylation sites (N-methyl/N-ethyl adjacent to an activating group) is 1. The third-order valence-corrected chi connectivity index (χ3v) is 5.70. The van der Waals surface area contributed by atoms with Gasteiger partial charge >= 0.3 is 0 Å². The molecular weight excluding hydrogens is 320 g/mol. The van der Waals surface area contributed by atoms with Gasteiger partial charge in [-0.2, -0.15) is 4.98 Å². The van der Waals surface area contributed by atoms with Crippen LogP contribution >= 0.6 is 0 Å². The van der Waals surface area contributed by atoms with Crippen LogP contribution < -0.4 is 0 Å². The molecule has 2 saturated carbocycles. The SMILES string of the molecule is CN(CCc1noc(C2CN(C(=O)C3CCCC3)C2)n1)C(=O)C1CC1. The lowest BCUT2D eigenvalue weighted by atomic mass is 9.96. The summed E-state index contributed by atoms with van der Waals surface area (Å²) in [6.07, 6.45) is 7.09. The summed E-state index contributed by atoms with van der Waals surface area (Å²) >= 11 is 0. The number of likely N-dealkylation sites (tertiary alicyclic amines) is 1. The molecule has 2 aliphatic carbocycles. The molecule has 4 rings (SSSR count). The van der Waals surface area contributed by atoms with Crippen molar-refractivity contribution >= 4 is 11.8 Å². The molecule has 136 valence electrons. The number of amides is 2. The lowest BCUT2D eigenvalue weighted by Crippen LogP contribution is -2.50. The van der Waals surface area contributed by atoms with Gasteiger partial charge in [0.15, 0.2) is 5.82 Å². The van der Waals surface area contributed by atoms with Crippen molar-refractivity contribution in [2.45, 2.75) is 50.9 Å². The smallest absolute Gasteiger partial charge is 0.233 e. The molecule has 0 aromatic carbocycles. The summed E-state index contributed by atoms with van der Waals surface area (Å²) in [5, 5.41) is 4.03. The highest BCUT2D eigenvalue weighted by Gasteiger charge is 2.38. The Labute approximate surface area is 147 Å². The molecule has 1 aromatic rings. The zero-order chi connectivity index (χ0) is 17.4. The number of aromatic nitrogens is 2. The van der Waals surface area contributed by atoms with Crippen LogP contribution in [-0.2, 0) is 16.0 Å². The predicted molar refractivity (Wildman–Crippen MR) is 89.6 cm³/mol. The molecule has 25 heavy (non-hydrogen) atoms.